The van der Waals surface area contributed by atoms with E-state index in [4.69, 9.17) is 16.4 Å². The molecular weight excluding hydrogens is 320 g/mol. The number of rotatable bonds is 5. The molecule has 0 radical (unpaired) electrons. The van der Waals surface area contributed by atoms with Crippen molar-refractivity contribution in [3.05, 3.63) is 33.8 Å². The number of terminal acetylenes is 1. The van der Waals surface area contributed by atoms with Crippen LogP contribution >= 0.6 is 15.9 Å². The molecule has 0 spiro atoms. The van der Waals surface area contributed by atoms with Gasteiger partial charge in [0.2, 0.25) is 0 Å². The second kappa shape index (κ2) is 8.04. The Morgan fingerprint density at radius 1 is 1.60 bits per heavy atom. The molecule has 1 aromatic carbocycles. The highest BCUT2D eigenvalue weighted by Crippen LogP contribution is 2.25. The normalized spacial score (nSPS) is 10.3. The van der Waals surface area contributed by atoms with Crippen molar-refractivity contribution in [2.45, 2.75) is 6.92 Å². The topological polar surface area (TPSA) is 62.1 Å². The lowest BCUT2D eigenvalue weighted by molar-refractivity contribution is -0.116. The summed E-state index contributed by atoms with van der Waals surface area (Å²) in [4.78, 5) is 11.7. The van der Waals surface area contributed by atoms with Crippen LogP contribution in [0.1, 0.15) is 12.5 Å². The van der Waals surface area contributed by atoms with Crippen LogP contribution < -0.4 is 10.1 Å². The molecule has 0 aliphatic carbocycles. The van der Waals surface area contributed by atoms with E-state index >= 15 is 0 Å². The van der Waals surface area contributed by atoms with Gasteiger partial charge in [0, 0.05) is 16.6 Å². The summed E-state index contributed by atoms with van der Waals surface area (Å²) >= 11 is 3.34. The summed E-state index contributed by atoms with van der Waals surface area (Å²) in [5, 5.41) is 11.6. The third-order valence-electron chi connectivity index (χ3n) is 2.29. The van der Waals surface area contributed by atoms with Gasteiger partial charge in [0.15, 0.2) is 0 Å². The van der Waals surface area contributed by atoms with Crippen molar-refractivity contribution in [1.29, 1.82) is 5.26 Å². The maximum Gasteiger partial charge on any atom is 0.261 e. The van der Waals surface area contributed by atoms with Gasteiger partial charge in [-0.25, -0.2) is 0 Å². The fraction of sp³-hybridized carbons (Fsp3) is 0.200. The first-order chi connectivity index (χ1) is 9.62. The standard InChI is InChI=1S/C15H13BrN2O2/c1-3-7-20-14-6-5-13(16)9-11(14)8-12(10-17)15(19)18-4-2/h1,5-6,8-9H,4,7H2,2H3,(H,18,19)/b12-8+. The lowest BCUT2D eigenvalue weighted by Gasteiger charge is -2.08. The smallest absolute Gasteiger partial charge is 0.261 e. The minimum absolute atomic E-state index is 0.00973. The van der Waals surface area contributed by atoms with Crippen LogP contribution in [0.5, 0.6) is 5.75 Å². The van der Waals surface area contributed by atoms with Gasteiger partial charge in [-0.2, -0.15) is 5.26 Å². The van der Waals surface area contributed by atoms with Gasteiger partial charge in [0.1, 0.15) is 24.0 Å². The zero-order valence-corrected chi connectivity index (χ0v) is 12.5. The molecule has 1 aromatic rings. The van der Waals surface area contributed by atoms with Crippen molar-refractivity contribution in [3.63, 3.8) is 0 Å². The number of nitrogens with zero attached hydrogens (tertiary/aromatic N) is 1. The molecule has 0 saturated carbocycles. The van der Waals surface area contributed by atoms with Gasteiger partial charge in [0.25, 0.3) is 5.91 Å². The highest BCUT2D eigenvalue weighted by Gasteiger charge is 2.10. The van der Waals surface area contributed by atoms with Crippen LogP contribution in [-0.4, -0.2) is 19.1 Å². The van der Waals surface area contributed by atoms with E-state index in [9.17, 15) is 4.79 Å². The van der Waals surface area contributed by atoms with Crippen LogP contribution in [0.25, 0.3) is 6.08 Å². The van der Waals surface area contributed by atoms with Crippen LogP contribution in [0.2, 0.25) is 0 Å². The summed E-state index contributed by atoms with van der Waals surface area (Å²) in [5.41, 5.74) is 0.618. The van der Waals surface area contributed by atoms with Crippen LogP contribution in [-0.2, 0) is 4.79 Å². The summed E-state index contributed by atoms with van der Waals surface area (Å²) in [7, 11) is 0. The Kier molecular flexibility index (Phi) is 6.36. The molecule has 20 heavy (non-hydrogen) atoms. The molecule has 1 rings (SSSR count). The number of hydrogen-bond acceptors (Lipinski definition) is 3. The SMILES string of the molecule is C#CCOc1ccc(Br)cc1/C=C(\C#N)C(=O)NCC. The number of nitriles is 1. The second-order valence-corrected chi connectivity index (χ2v) is 4.62. The number of halogens is 1. The van der Waals surface area contributed by atoms with Crippen molar-refractivity contribution in [1.82, 2.24) is 5.32 Å². The molecule has 1 amide bonds. The highest BCUT2D eigenvalue weighted by molar-refractivity contribution is 9.10. The first-order valence-corrected chi connectivity index (χ1v) is 6.67. The fourth-order valence-electron chi connectivity index (χ4n) is 1.44. The second-order valence-electron chi connectivity index (χ2n) is 3.70. The maximum atomic E-state index is 11.7. The number of likely N-dealkylation sites (N-methyl/N-ethyl adjacent to an activating group) is 1. The zero-order valence-electron chi connectivity index (χ0n) is 10.9. The molecule has 0 aromatic heterocycles. The van der Waals surface area contributed by atoms with Crippen molar-refractivity contribution in [2.24, 2.45) is 0 Å². The third-order valence-corrected chi connectivity index (χ3v) is 2.78. The lowest BCUT2D eigenvalue weighted by atomic mass is 10.1. The molecule has 4 nitrogen and oxygen atoms in total. The van der Waals surface area contributed by atoms with Crippen molar-refractivity contribution in [3.8, 4) is 24.2 Å². The van der Waals surface area contributed by atoms with Gasteiger partial charge < -0.3 is 10.1 Å². The number of carbonyl (C=O) groups is 1. The van der Waals surface area contributed by atoms with Gasteiger partial charge in [0.05, 0.1) is 0 Å². The molecule has 1 N–H and O–H groups in total. The van der Waals surface area contributed by atoms with E-state index in [1.54, 1.807) is 25.1 Å². The van der Waals surface area contributed by atoms with E-state index in [1.807, 2.05) is 6.07 Å². The van der Waals surface area contributed by atoms with Crippen LogP contribution in [0.3, 0.4) is 0 Å². The van der Waals surface area contributed by atoms with Gasteiger partial charge >= 0.3 is 0 Å². The number of carbonyl (C=O) groups excluding carboxylic acids is 1. The first kappa shape index (κ1) is 15.8. The fourth-order valence-corrected chi connectivity index (χ4v) is 1.82. The van der Waals surface area contributed by atoms with Gasteiger partial charge in [-0.3, -0.25) is 4.79 Å². The summed E-state index contributed by atoms with van der Waals surface area (Å²) in [5.74, 6) is 2.47. The quantitative estimate of drug-likeness (QED) is 0.512. The number of amides is 1. The minimum Gasteiger partial charge on any atom is -0.480 e. The Bertz CT molecular complexity index is 609. The zero-order chi connectivity index (χ0) is 15.0. The van der Waals surface area contributed by atoms with Gasteiger partial charge in [-0.1, -0.05) is 21.9 Å². The largest absolute Gasteiger partial charge is 0.480 e. The van der Waals surface area contributed by atoms with E-state index in [0.29, 0.717) is 17.9 Å². The lowest BCUT2D eigenvalue weighted by Crippen LogP contribution is -2.23. The monoisotopic (exact) mass is 332 g/mol. The molecular formula is C15H13BrN2O2. The number of hydrogen-bond donors (Lipinski definition) is 1. The number of ether oxygens (including phenoxy) is 1. The average Bonchev–Trinajstić information content (AvgIpc) is 2.44. The predicted molar refractivity (Wildman–Crippen MR) is 80.7 cm³/mol. The molecule has 0 unspecified atom stereocenters. The van der Waals surface area contributed by atoms with Gasteiger partial charge in [-0.15, -0.1) is 6.42 Å². The molecule has 5 heteroatoms. The van der Waals surface area contributed by atoms with Crippen LogP contribution in [0, 0.1) is 23.7 Å². The summed E-state index contributed by atoms with van der Waals surface area (Å²) in [6.07, 6.45) is 6.63. The van der Waals surface area contributed by atoms with Crippen molar-refractivity contribution in [2.75, 3.05) is 13.2 Å². The summed E-state index contributed by atoms with van der Waals surface area (Å²) in [6, 6.07) is 7.14. The number of nitrogens with one attached hydrogen (secondary N) is 1. The van der Waals surface area contributed by atoms with Crippen LogP contribution in [0.15, 0.2) is 28.2 Å². The third kappa shape index (κ3) is 4.46. The van der Waals surface area contributed by atoms with E-state index in [-0.39, 0.29) is 12.2 Å². The maximum absolute atomic E-state index is 11.7. The molecule has 0 aliphatic rings. The molecule has 0 heterocycles. The minimum atomic E-state index is -0.419. The van der Waals surface area contributed by atoms with E-state index in [2.05, 4.69) is 27.2 Å². The highest BCUT2D eigenvalue weighted by atomic mass is 79.9. The van der Waals surface area contributed by atoms with Crippen LogP contribution in [0.4, 0.5) is 0 Å². The molecule has 0 aliphatic heterocycles. The Labute approximate surface area is 126 Å². The first-order valence-electron chi connectivity index (χ1n) is 5.88. The van der Waals surface area contributed by atoms with E-state index in [1.165, 1.54) is 6.08 Å². The Hall–Kier alpha value is -2.24. The summed E-state index contributed by atoms with van der Waals surface area (Å²) < 4.78 is 6.19. The molecule has 0 saturated heterocycles. The predicted octanol–water partition coefficient (Wildman–Crippen LogP) is 2.50. The van der Waals surface area contributed by atoms with E-state index in [0.717, 1.165) is 4.47 Å². The summed E-state index contributed by atoms with van der Waals surface area (Å²) in [6.45, 7) is 2.36. The Morgan fingerprint density at radius 2 is 2.35 bits per heavy atom. The molecule has 0 fully saturated rings. The number of benzene rings is 1. The Balaban J connectivity index is 3.16. The van der Waals surface area contributed by atoms with Crippen molar-refractivity contribution < 1.29 is 9.53 Å². The molecule has 102 valence electrons. The van der Waals surface area contributed by atoms with E-state index < -0.39 is 5.91 Å². The van der Waals surface area contributed by atoms with Crippen molar-refractivity contribution >= 4 is 27.9 Å². The average molecular weight is 333 g/mol. The molecule has 0 atom stereocenters. The Morgan fingerprint density at radius 3 is 2.95 bits per heavy atom. The van der Waals surface area contributed by atoms with Gasteiger partial charge in [-0.05, 0) is 31.2 Å². The molecule has 0 bridgehead atoms.